The number of allylic oxidation sites excluding steroid dienone is 1. The van der Waals surface area contributed by atoms with E-state index in [1.807, 2.05) is 42.5 Å². The van der Waals surface area contributed by atoms with Gasteiger partial charge in [-0.05, 0) is 52.2 Å². The van der Waals surface area contributed by atoms with Crippen molar-refractivity contribution in [2.24, 2.45) is 0 Å². The Bertz CT molecular complexity index is 2710. The van der Waals surface area contributed by atoms with Gasteiger partial charge < -0.3 is 8.83 Å². The lowest BCUT2D eigenvalue weighted by Crippen LogP contribution is -2.07. The van der Waals surface area contributed by atoms with Crippen LogP contribution in [0.4, 0.5) is 0 Å². The van der Waals surface area contributed by atoms with Gasteiger partial charge in [-0.3, -0.25) is 0 Å². The summed E-state index contributed by atoms with van der Waals surface area (Å²) >= 11 is 0. The largest absolute Gasteiger partial charge is 0.460 e. The molecule has 0 bridgehead atoms. The quantitative estimate of drug-likeness (QED) is 0.191. The fourth-order valence-corrected chi connectivity index (χ4v) is 7.16. The number of rotatable bonds is 3. The molecular formula is C41H25N3O2. The van der Waals surface area contributed by atoms with Crippen molar-refractivity contribution in [3.63, 3.8) is 0 Å². The minimum Gasteiger partial charge on any atom is -0.460 e. The molecule has 3 heterocycles. The fraction of sp³-hybridized carbons (Fsp3) is 0.0488. The molecule has 0 amide bonds. The lowest BCUT2D eigenvalue weighted by Gasteiger charge is -2.16. The molecule has 0 saturated heterocycles. The minimum atomic E-state index is 0.607. The van der Waals surface area contributed by atoms with Crippen LogP contribution in [0.25, 0.3) is 82.8 Å². The first-order valence-electron chi connectivity index (χ1n) is 15.6. The van der Waals surface area contributed by atoms with E-state index in [1.165, 1.54) is 10.8 Å². The smallest absolute Gasteiger partial charge is 0.164 e. The van der Waals surface area contributed by atoms with E-state index in [2.05, 4.69) is 84.9 Å². The highest BCUT2D eigenvalue weighted by Gasteiger charge is 2.26. The summed E-state index contributed by atoms with van der Waals surface area (Å²) in [5.74, 6) is 2.85. The van der Waals surface area contributed by atoms with Gasteiger partial charge in [0.05, 0.1) is 0 Å². The van der Waals surface area contributed by atoms with Crippen molar-refractivity contribution in [1.82, 2.24) is 15.0 Å². The normalized spacial score (nSPS) is 13.2. The molecule has 0 unspecified atom stereocenters. The molecule has 1 aliphatic carbocycles. The van der Waals surface area contributed by atoms with Gasteiger partial charge in [0.1, 0.15) is 22.5 Å². The third-order valence-corrected chi connectivity index (χ3v) is 9.19. The lowest BCUT2D eigenvalue weighted by molar-refractivity contribution is 0.545. The van der Waals surface area contributed by atoms with Crippen LogP contribution in [0, 0.1) is 0 Å². The summed E-state index contributed by atoms with van der Waals surface area (Å²) < 4.78 is 12.6. The van der Waals surface area contributed by atoms with E-state index >= 15 is 0 Å². The number of hydrogen-bond acceptors (Lipinski definition) is 5. The van der Waals surface area contributed by atoms with Crippen molar-refractivity contribution in [2.75, 3.05) is 0 Å². The lowest BCUT2D eigenvalue weighted by atomic mass is 9.93. The Morgan fingerprint density at radius 1 is 0.478 bits per heavy atom. The zero-order valence-electron chi connectivity index (χ0n) is 24.7. The summed E-state index contributed by atoms with van der Waals surface area (Å²) in [7, 11) is 0. The van der Waals surface area contributed by atoms with Crippen molar-refractivity contribution < 1.29 is 8.83 Å². The summed E-state index contributed by atoms with van der Waals surface area (Å²) in [5, 5.41) is 7.72. The highest BCUT2D eigenvalue weighted by atomic mass is 16.3. The summed E-state index contributed by atoms with van der Waals surface area (Å²) in [6, 6.07) is 41.7. The summed E-state index contributed by atoms with van der Waals surface area (Å²) in [5.41, 5.74) is 6.45. The molecule has 216 valence electrons. The van der Waals surface area contributed by atoms with Gasteiger partial charge in [0.15, 0.2) is 17.5 Å². The van der Waals surface area contributed by atoms with Gasteiger partial charge in [-0.2, -0.15) is 0 Å². The van der Waals surface area contributed by atoms with Crippen LogP contribution in [0.5, 0.6) is 0 Å². The molecule has 9 aromatic rings. The number of furan rings is 2. The van der Waals surface area contributed by atoms with Gasteiger partial charge in [-0.15, -0.1) is 0 Å². The topological polar surface area (TPSA) is 65.0 Å². The van der Waals surface area contributed by atoms with Gasteiger partial charge in [0, 0.05) is 44.8 Å². The molecule has 5 nitrogen and oxygen atoms in total. The average molecular weight is 592 g/mol. The Hall–Kier alpha value is -6.07. The van der Waals surface area contributed by atoms with Gasteiger partial charge in [-0.1, -0.05) is 103 Å². The van der Waals surface area contributed by atoms with Gasteiger partial charge in [-0.25, -0.2) is 15.0 Å². The summed E-state index contributed by atoms with van der Waals surface area (Å²) in [4.78, 5) is 15.8. The van der Waals surface area contributed by atoms with E-state index in [9.17, 15) is 0 Å². The van der Waals surface area contributed by atoms with E-state index in [-0.39, 0.29) is 0 Å². The van der Waals surface area contributed by atoms with Crippen molar-refractivity contribution in [2.45, 2.75) is 12.8 Å². The Morgan fingerprint density at radius 2 is 1.11 bits per heavy atom. The number of para-hydroxylation sites is 2. The molecule has 10 rings (SSSR count). The van der Waals surface area contributed by atoms with Crippen LogP contribution >= 0.6 is 0 Å². The fourth-order valence-electron chi connectivity index (χ4n) is 7.16. The van der Waals surface area contributed by atoms with Crippen LogP contribution < -0.4 is 0 Å². The molecular weight excluding hydrogens is 566 g/mol. The monoisotopic (exact) mass is 591 g/mol. The molecule has 3 aromatic heterocycles. The van der Waals surface area contributed by atoms with Crippen LogP contribution in [0.3, 0.4) is 0 Å². The molecule has 0 fully saturated rings. The summed E-state index contributed by atoms with van der Waals surface area (Å²) in [6.45, 7) is 0. The first kappa shape index (κ1) is 25.3. The summed E-state index contributed by atoms with van der Waals surface area (Å²) in [6.07, 6.45) is 3.94. The van der Waals surface area contributed by atoms with Crippen molar-refractivity contribution in [3.8, 4) is 22.8 Å². The number of hydrogen-bond donors (Lipinski definition) is 0. The van der Waals surface area contributed by atoms with E-state index in [0.29, 0.717) is 17.5 Å². The molecule has 0 atom stereocenters. The molecule has 0 N–H and O–H groups in total. The van der Waals surface area contributed by atoms with E-state index in [0.717, 1.165) is 84.5 Å². The number of fused-ring (bicyclic) bond motifs is 9. The zero-order chi connectivity index (χ0) is 30.2. The van der Waals surface area contributed by atoms with E-state index in [4.69, 9.17) is 23.8 Å². The van der Waals surface area contributed by atoms with Crippen LogP contribution in [0.15, 0.2) is 136 Å². The van der Waals surface area contributed by atoms with E-state index in [1.54, 1.807) is 0 Å². The minimum absolute atomic E-state index is 0.607. The molecule has 0 saturated carbocycles. The van der Waals surface area contributed by atoms with Crippen molar-refractivity contribution >= 4 is 60.0 Å². The van der Waals surface area contributed by atoms with Crippen molar-refractivity contribution in [1.29, 1.82) is 0 Å². The first-order valence-corrected chi connectivity index (χ1v) is 15.6. The molecule has 0 aliphatic heterocycles. The number of nitrogens with zero attached hydrogens (tertiary/aromatic N) is 3. The molecule has 5 heteroatoms. The zero-order valence-corrected chi connectivity index (χ0v) is 24.7. The van der Waals surface area contributed by atoms with Crippen LogP contribution in [-0.4, -0.2) is 15.0 Å². The van der Waals surface area contributed by atoms with Crippen molar-refractivity contribution in [3.05, 3.63) is 145 Å². The maximum Gasteiger partial charge on any atom is 0.164 e. The SMILES string of the molecule is C1=C(c2nc(-c3cc4ccccc4c4ccccc34)nc(-c3cccc4oc5ccccc5c34)n2)c2c(oc3ccccc23)CC1. The van der Waals surface area contributed by atoms with Gasteiger partial charge in [0.25, 0.3) is 0 Å². The Balaban J connectivity index is 1.30. The van der Waals surface area contributed by atoms with Crippen LogP contribution in [0.2, 0.25) is 0 Å². The maximum atomic E-state index is 6.35. The first-order chi connectivity index (χ1) is 22.8. The highest BCUT2D eigenvalue weighted by molar-refractivity contribution is 6.14. The standard InChI is InChI=1S/C41H25N3O2/c1-2-12-25-24(11-1)23-32(27-14-4-3-13-26(25)27)41-43-39(30-17-9-21-35-37(30)28-15-5-7-19-33(28)45-35)42-40(44-41)31-18-10-22-36-38(31)29-16-6-8-20-34(29)46-36/h1-9,11-21,23H,10,22H2. The third kappa shape index (κ3) is 3.72. The number of aryl methyl sites for hydroxylation is 1. The van der Waals surface area contributed by atoms with Gasteiger partial charge >= 0.3 is 0 Å². The molecule has 46 heavy (non-hydrogen) atoms. The highest BCUT2D eigenvalue weighted by Crippen LogP contribution is 2.41. The van der Waals surface area contributed by atoms with E-state index < -0.39 is 0 Å². The Morgan fingerprint density at radius 3 is 1.96 bits per heavy atom. The number of benzene rings is 6. The molecule has 1 aliphatic rings. The second kappa shape index (κ2) is 9.71. The Labute approximate surface area is 263 Å². The molecule has 0 spiro atoms. The maximum absolute atomic E-state index is 6.35. The third-order valence-electron chi connectivity index (χ3n) is 9.19. The average Bonchev–Trinajstić information content (AvgIpc) is 3.70. The number of aromatic nitrogens is 3. The Kier molecular flexibility index (Phi) is 5.34. The van der Waals surface area contributed by atoms with Crippen LogP contribution in [-0.2, 0) is 6.42 Å². The van der Waals surface area contributed by atoms with Gasteiger partial charge in [0.2, 0.25) is 0 Å². The predicted octanol–water partition coefficient (Wildman–Crippen LogP) is 10.5. The van der Waals surface area contributed by atoms with Crippen LogP contribution in [0.1, 0.15) is 23.6 Å². The second-order valence-corrected chi connectivity index (χ2v) is 11.8. The molecule has 0 radical (unpaired) electrons. The second-order valence-electron chi connectivity index (χ2n) is 11.8. The predicted molar refractivity (Wildman–Crippen MR) is 185 cm³/mol. The molecule has 6 aromatic carbocycles.